The molecule has 2 fully saturated rings. The molecule has 7 nitrogen and oxygen atoms in total. The van der Waals surface area contributed by atoms with Gasteiger partial charge < -0.3 is 25.4 Å². The van der Waals surface area contributed by atoms with E-state index in [-0.39, 0.29) is 12.5 Å². The van der Waals surface area contributed by atoms with Crippen LogP contribution in [0.1, 0.15) is 48.9 Å². The third kappa shape index (κ3) is 5.06. The summed E-state index contributed by atoms with van der Waals surface area (Å²) in [5, 5.41) is 15.5. The maximum absolute atomic E-state index is 13.4. The minimum absolute atomic E-state index is 0.127. The molecule has 1 saturated heterocycles. The van der Waals surface area contributed by atoms with Crippen molar-refractivity contribution in [3.63, 3.8) is 0 Å². The average Bonchev–Trinajstić information content (AvgIpc) is 3.60. The maximum Gasteiger partial charge on any atom is 0.258 e. The summed E-state index contributed by atoms with van der Waals surface area (Å²) in [5.41, 5.74) is 3.13. The van der Waals surface area contributed by atoms with Crippen LogP contribution >= 0.6 is 11.9 Å². The molecule has 4 N–H and O–H groups in total. The van der Waals surface area contributed by atoms with E-state index in [2.05, 4.69) is 31.3 Å². The number of anilines is 4. The van der Waals surface area contributed by atoms with Crippen molar-refractivity contribution < 1.29 is 9.90 Å². The Morgan fingerprint density at radius 3 is 2.91 bits per heavy atom. The molecule has 1 aliphatic carbocycles. The molecule has 3 heterocycles. The third-order valence-corrected chi connectivity index (χ3v) is 8.09. The van der Waals surface area contributed by atoms with E-state index < -0.39 is 0 Å². The van der Waals surface area contributed by atoms with Gasteiger partial charge in [-0.2, -0.15) is 0 Å². The Kier molecular flexibility index (Phi) is 6.64. The number of aliphatic hydroxyl groups is 1. The number of amides is 1. The lowest BCUT2D eigenvalue weighted by molar-refractivity contribution is 0.102. The predicted octanol–water partition coefficient (Wildman–Crippen LogP) is 4.59. The number of hydrogen-bond acceptors (Lipinski definition) is 7. The van der Waals surface area contributed by atoms with Crippen molar-refractivity contribution in [3.8, 4) is 0 Å². The Bertz CT molecular complexity index is 997. The van der Waals surface area contributed by atoms with E-state index in [1.54, 1.807) is 0 Å². The van der Waals surface area contributed by atoms with Crippen LogP contribution < -0.4 is 20.3 Å². The lowest BCUT2D eigenvalue weighted by Crippen LogP contribution is -2.42. The van der Waals surface area contributed by atoms with Gasteiger partial charge in [-0.3, -0.25) is 4.79 Å². The molecule has 1 saturated carbocycles. The molecule has 1 atom stereocenters. The smallest absolute Gasteiger partial charge is 0.258 e. The largest absolute Gasteiger partial charge is 0.395 e. The number of piperidine rings is 1. The maximum atomic E-state index is 13.4. The molecule has 176 valence electrons. The van der Waals surface area contributed by atoms with Gasteiger partial charge in [-0.25, -0.2) is 4.98 Å². The topological polar surface area (TPSA) is 89.5 Å². The highest BCUT2D eigenvalue weighted by atomic mass is 32.2. The van der Waals surface area contributed by atoms with Crippen molar-refractivity contribution in [2.75, 3.05) is 52.2 Å². The van der Waals surface area contributed by atoms with Crippen molar-refractivity contribution >= 4 is 40.9 Å². The van der Waals surface area contributed by atoms with E-state index >= 15 is 0 Å². The van der Waals surface area contributed by atoms with Crippen LogP contribution in [0.4, 0.5) is 23.0 Å². The normalized spacial score (nSPS) is 21.8. The van der Waals surface area contributed by atoms with E-state index in [9.17, 15) is 4.79 Å². The van der Waals surface area contributed by atoms with Crippen molar-refractivity contribution in [1.82, 2.24) is 4.98 Å². The summed E-state index contributed by atoms with van der Waals surface area (Å²) in [5.74, 6) is 2.50. The number of rotatable bonds is 4. The number of aromatic nitrogens is 1. The van der Waals surface area contributed by atoms with Gasteiger partial charge in [0.15, 0.2) is 0 Å². The van der Waals surface area contributed by atoms with Crippen LogP contribution in [0.25, 0.3) is 0 Å². The Morgan fingerprint density at radius 2 is 2.06 bits per heavy atom. The van der Waals surface area contributed by atoms with E-state index in [1.807, 2.05) is 30.3 Å². The number of benzene rings is 1. The Balaban J connectivity index is 1.48. The molecule has 8 heteroatoms. The molecule has 5 rings (SSSR count). The zero-order valence-electron chi connectivity index (χ0n) is 19.0. The molecule has 1 unspecified atom stereocenters. The number of nitrogens with one attached hydrogen (secondary N) is 3. The van der Waals surface area contributed by atoms with Gasteiger partial charge in [0.05, 0.1) is 17.9 Å². The molecule has 1 aromatic carbocycles. The van der Waals surface area contributed by atoms with Crippen LogP contribution in [0.15, 0.2) is 36.4 Å². The quantitative estimate of drug-likeness (QED) is 0.386. The first-order valence-corrected chi connectivity index (χ1v) is 13.1. The highest BCUT2D eigenvalue weighted by Crippen LogP contribution is 2.58. The van der Waals surface area contributed by atoms with E-state index in [4.69, 9.17) is 5.11 Å². The summed E-state index contributed by atoms with van der Waals surface area (Å²) >= 11 is 1.47. The number of aliphatic hydroxyl groups excluding tert-OH is 1. The second-order valence-corrected chi connectivity index (χ2v) is 10.3. The second kappa shape index (κ2) is 9.81. The SMILES string of the molecule is O=C1Nc2cccc(n2)NCCCCC2CN(CCC23CC3)c2cc(NSCCO)ccc21. The van der Waals surface area contributed by atoms with Crippen LogP contribution in [0.2, 0.25) is 0 Å². The summed E-state index contributed by atoms with van der Waals surface area (Å²) < 4.78 is 3.31. The van der Waals surface area contributed by atoms with Gasteiger partial charge in [0.1, 0.15) is 11.6 Å². The standard InChI is InChI=1S/C25H33N5O2S/c31-14-15-33-29-19-7-8-20-21(16-19)30-13-11-25(9-10-25)18(17-30)4-1-2-12-26-22-5-3-6-23(27-22)28-24(20)32/h3,5-8,16,18,29,31H,1-2,4,9-15,17H2,(H2,26,27,28,32). The lowest BCUT2D eigenvalue weighted by atomic mass is 9.79. The van der Waals surface area contributed by atoms with Gasteiger partial charge in [-0.1, -0.05) is 24.4 Å². The van der Waals surface area contributed by atoms with Crippen molar-refractivity contribution in [2.45, 2.75) is 38.5 Å². The number of carbonyl (C=O) groups excluding carboxylic acids is 1. The predicted molar refractivity (Wildman–Crippen MR) is 136 cm³/mol. The number of hydrogen-bond donors (Lipinski definition) is 4. The van der Waals surface area contributed by atoms with Crippen LogP contribution in [0, 0.1) is 11.3 Å². The first kappa shape index (κ1) is 22.3. The Hall–Kier alpha value is -2.45. The zero-order chi connectivity index (χ0) is 22.7. The first-order chi connectivity index (χ1) is 16.2. The highest BCUT2D eigenvalue weighted by molar-refractivity contribution is 8.00. The van der Waals surface area contributed by atoms with Crippen LogP contribution in [0.5, 0.6) is 0 Å². The fourth-order valence-corrected chi connectivity index (χ4v) is 5.78. The number of fused-ring (bicyclic) bond motifs is 7. The summed E-state index contributed by atoms with van der Waals surface area (Å²) in [7, 11) is 0. The molecule has 1 spiro atoms. The van der Waals surface area contributed by atoms with Gasteiger partial charge >= 0.3 is 0 Å². The number of carbonyl (C=O) groups is 1. The zero-order valence-corrected chi connectivity index (χ0v) is 19.8. The fourth-order valence-electron chi connectivity index (χ4n) is 5.30. The van der Waals surface area contributed by atoms with Crippen LogP contribution in [-0.4, -0.2) is 48.0 Å². The van der Waals surface area contributed by atoms with Gasteiger partial charge in [-0.15, -0.1) is 0 Å². The van der Waals surface area contributed by atoms with Crippen LogP contribution in [-0.2, 0) is 0 Å². The van der Waals surface area contributed by atoms with E-state index in [0.29, 0.717) is 28.5 Å². The van der Waals surface area contributed by atoms with Crippen LogP contribution in [0.3, 0.4) is 0 Å². The molecule has 33 heavy (non-hydrogen) atoms. The second-order valence-electron chi connectivity index (χ2n) is 9.45. The van der Waals surface area contributed by atoms with E-state index in [0.717, 1.165) is 43.2 Å². The van der Waals surface area contributed by atoms with Gasteiger partial charge in [0.2, 0.25) is 0 Å². The molecule has 1 amide bonds. The van der Waals surface area contributed by atoms with Gasteiger partial charge in [-0.05, 0) is 73.8 Å². The Morgan fingerprint density at radius 1 is 1.18 bits per heavy atom. The number of pyridine rings is 1. The molecular formula is C25H33N5O2S. The van der Waals surface area contributed by atoms with Crippen molar-refractivity contribution in [2.24, 2.45) is 11.3 Å². The summed E-state index contributed by atoms with van der Waals surface area (Å²) in [4.78, 5) is 20.4. The molecule has 0 radical (unpaired) electrons. The third-order valence-electron chi connectivity index (χ3n) is 7.32. The lowest BCUT2D eigenvalue weighted by Gasteiger charge is -2.41. The first-order valence-electron chi connectivity index (χ1n) is 12.1. The van der Waals surface area contributed by atoms with Crippen molar-refractivity contribution in [1.29, 1.82) is 0 Å². The average molecular weight is 468 g/mol. The molecule has 4 bridgehead atoms. The molecule has 2 aromatic rings. The Labute approximate surface area is 199 Å². The molecule has 1 aromatic heterocycles. The monoisotopic (exact) mass is 467 g/mol. The summed E-state index contributed by atoms with van der Waals surface area (Å²) in [6, 6.07) is 11.6. The highest BCUT2D eigenvalue weighted by Gasteiger charge is 2.51. The number of nitrogens with zero attached hydrogens (tertiary/aromatic N) is 2. The molecule has 2 aliphatic heterocycles. The van der Waals surface area contributed by atoms with Gasteiger partial charge in [0, 0.05) is 31.1 Å². The summed E-state index contributed by atoms with van der Waals surface area (Å²) in [6.07, 6.45) is 7.47. The minimum Gasteiger partial charge on any atom is -0.395 e. The summed E-state index contributed by atoms with van der Waals surface area (Å²) in [6.45, 7) is 3.02. The molecular weight excluding hydrogens is 434 g/mol. The van der Waals surface area contributed by atoms with E-state index in [1.165, 1.54) is 44.1 Å². The minimum atomic E-state index is -0.137. The van der Waals surface area contributed by atoms with Crippen molar-refractivity contribution in [3.05, 3.63) is 42.0 Å². The van der Waals surface area contributed by atoms with Gasteiger partial charge in [0.25, 0.3) is 5.91 Å². The molecule has 3 aliphatic rings. The fraction of sp³-hybridized carbons (Fsp3) is 0.520.